The van der Waals surface area contributed by atoms with Crippen LogP contribution >= 0.6 is 0 Å². The van der Waals surface area contributed by atoms with E-state index < -0.39 is 0 Å². The molecule has 1 aliphatic rings. The van der Waals surface area contributed by atoms with Crippen molar-refractivity contribution in [2.45, 2.75) is 13.3 Å². The second-order valence-electron chi connectivity index (χ2n) is 2.39. The monoisotopic (exact) mass is 129 g/mol. The molecule has 2 heteroatoms. The van der Waals surface area contributed by atoms with Crippen molar-refractivity contribution in [3.8, 4) is 0 Å². The van der Waals surface area contributed by atoms with Gasteiger partial charge in [0.15, 0.2) is 0 Å². The number of rotatable bonds is 4. The SMILES string of the molecule is CCOCCN1CCC1. The van der Waals surface area contributed by atoms with Crippen LogP contribution in [0.2, 0.25) is 0 Å². The second-order valence-corrected chi connectivity index (χ2v) is 2.39. The Balaban J connectivity index is 1.80. The summed E-state index contributed by atoms with van der Waals surface area (Å²) in [6.07, 6.45) is 1.38. The first-order chi connectivity index (χ1) is 4.43. The summed E-state index contributed by atoms with van der Waals surface area (Å²) in [4.78, 5) is 2.41. The van der Waals surface area contributed by atoms with Crippen molar-refractivity contribution < 1.29 is 4.74 Å². The first-order valence-corrected chi connectivity index (χ1v) is 3.73. The van der Waals surface area contributed by atoms with Crippen molar-refractivity contribution in [1.82, 2.24) is 4.90 Å². The van der Waals surface area contributed by atoms with Gasteiger partial charge in [0, 0.05) is 13.2 Å². The van der Waals surface area contributed by atoms with Gasteiger partial charge in [-0.05, 0) is 26.4 Å². The largest absolute Gasteiger partial charge is 0.380 e. The zero-order valence-electron chi connectivity index (χ0n) is 6.10. The van der Waals surface area contributed by atoms with Gasteiger partial charge in [0.2, 0.25) is 0 Å². The van der Waals surface area contributed by atoms with E-state index in [0.29, 0.717) is 0 Å². The summed E-state index contributed by atoms with van der Waals surface area (Å²) in [7, 11) is 0. The number of hydrogen-bond acceptors (Lipinski definition) is 2. The minimum atomic E-state index is 0.855. The van der Waals surface area contributed by atoms with E-state index in [4.69, 9.17) is 4.74 Å². The van der Waals surface area contributed by atoms with Crippen molar-refractivity contribution in [1.29, 1.82) is 0 Å². The lowest BCUT2D eigenvalue weighted by Gasteiger charge is -2.30. The average molecular weight is 129 g/mol. The van der Waals surface area contributed by atoms with Crippen LogP contribution < -0.4 is 0 Å². The molecular weight excluding hydrogens is 114 g/mol. The third-order valence-electron chi connectivity index (χ3n) is 1.70. The fourth-order valence-electron chi connectivity index (χ4n) is 0.943. The molecule has 1 heterocycles. The van der Waals surface area contributed by atoms with Gasteiger partial charge >= 0.3 is 0 Å². The highest BCUT2D eigenvalue weighted by Gasteiger charge is 2.11. The van der Waals surface area contributed by atoms with Crippen LogP contribution in [0, 0.1) is 0 Å². The molecule has 1 saturated heterocycles. The molecule has 0 N–H and O–H groups in total. The Morgan fingerprint density at radius 1 is 1.44 bits per heavy atom. The molecule has 0 aromatic carbocycles. The molecule has 0 saturated carbocycles. The van der Waals surface area contributed by atoms with Crippen LogP contribution in [0.25, 0.3) is 0 Å². The molecule has 0 bridgehead atoms. The number of nitrogens with zero attached hydrogens (tertiary/aromatic N) is 1. The molecule has 1 aliphatic heterocycles. The highest BCUT2D eigenvalue weighted by molar-refractivity contribution is 4.67. The summed E-state index contributed by atoms with van der Waals surface area (Å²) in [5, 5.41) is 0. The summed E-state index contributed by atoms with van der Waals surface area (Å²) in [6.45, 7) is 7.51. The summed E-state index contributed by atoms with van der Waals surface area (Å²) in [5.74, 6) is 0. The lowest BCUT2D eigenvalue weighted by Crippen LogP contribution is -2.39. The van der Waals surface area contributed by atoms with E-state index in [1.807, 2.05) is 6.92 Å². The van der Waals surface area contributed by atoms with Crippen molar-refractivity contribution in [2.24, 2.45) is 0 Å². The zero-order valence-corrected chi connectivity index (χ0v) is 6.10. The molecular formula is C7H15NO. The third kappa shape index (κ3) is 2.33. The van der Waals surface area contributed by atoms with Gasteiger partial charge in [-0.25, -0.2) is 0 Å². The molecule has 2 nitrogen and oxygen atoms in total. The molecule has 0 amide bonds. The van der Waals surface area contributed by atoms with Gasteiger partial charge in [0.25, 0.3) is 0 Å². The first kappa shape index (κ1) is 7.03. The molecule has 0 atom stereocenters. The first-order valence-electron chi connectivity index (χ1n) is 3.73. The minimum absolute atomic E-state index is 0.855. The summed E-state index contributed by atoms with van der Waals surface area (Å²) in [6, 6.07) is 0. The smallest absolute Gasteiger partial charge is 0.0593 e. The Kier molecular flexibility index (Phi) is 3.01. The van der Waals surface area contributed by atoms with Gasteiger partial charge in [0.05, 0.1) is 6.61 Å². The molecule has 0 radical (unpaired) electrons. The molecule has 9 heavy (non-hydrogen) atoms. The Morgan fingerprint density at radius 2 is 2.22 bits per heavy atom. The predicted octanol–water partition coefficient (Wildman–Crippen LogP) is 0.729. The molecule has 0 aromatic heterocycles. The number of ether oxygens (including phenoxy) is 1. The van der Waals surface area contributed by atoms with E-state index in [1.165, 1.54) is 19.5 Å². The highest BCUT2D eigenvalue weighted by atomic mass is 16.5. The summed E-state index contributed by atoms with van der Waals surface area (Å²) < 4.78 is 5.20. The van der Waals surface area contributed by atoms with Gasteiger partial charge < -0.3 is 9.64 Å². The Labute approximate surface area is 56.8 Å². The molecule has 1 fully saturated rings. The van der Waals surface area contributed by atoms with Crippen LogP contribution in [0.3, 0.4) is 0 Å². The fraction of sp³-hybridized carbons (Fsp3) is 1.00. The maximum Gasteiger partial charge on any atom is 0.0593 e. The normalized spacial score (nSPS) is 19.7. The van der Waals surface area contributed by atoms with Crippen molar-refractivity contribution >= 4 is 0 Å². The third-order valence-corrected chi connectivity index (χ3v) is 1.70. The highest BCUT2D eigenvalue weighted by Crippen LogP contribution is 2.03. The van der Waals surface area contributed by atoms with Crippen LogP contribution in [0.4, 0.5) is 0 Å². The van der Waals surface area contributed by atoms with Crippen LogP contribution in [0.15, 0.2) is 0 Å². The van der Waals surface area contributed by atoms with Crippen molar-refractivity contribution in [3.63, 3.8) is 0 Å². The summed E-state index contributed by atoms with van der Waals surface area (Å²) >= 11 is 0. The Bertz CT molecular complexity index is 71.3. The quantitative estimate of drug-likeness (QED) is 0.519. The van der Waals surface area contributed by atoms with Crippen LogP contribution in [0.5, 0.6) is 0 Å². The molecule has 0 spiro atoms. The molecule has 0 aromatic rings. The Morgan fingerprint density at radius 3 is 2.67 bits per heavy atom. The average Bonchev–Trinajstić information content (AvgIpc) is 1.76. The van der Waals surface area contributed by atoms with Gasteiger partial charge in [-0.3, -0.25) is 0 Å². The van der Waals surface area contributed by atoms with E-state index in [9.17, 15) is 0 Å². The fourth-order valence-corrected chi connectivity index (χ4v) is 0.943. The van der Waals surface area contributed by atoms with E-state index in [2.05, 4.69) is 4.90 Å². The molecule has 0 unspecified atom stereocenters. The predicted molar refractivity (Wildman–Crippen MR) is 37.5 cm³/mol. The van der Waals surface area contributed by atoms with Crippen molar-refractivity contribution in [3.05, 3.63) is 0 Å². The lowest BCUT2D eigenvalue weighted by molar-refractivity contribution is 0.0878. The van der Waals surface area contributed by atoms with Crippen LogP contribution in [-0.2, 0) is 4.74 Å². The van der Waals surface area contributed by atoms with Crippen molar-refractivity contribution in [2.75, 3.05) is 32.8 Å². The van der Waals surface area contributed by atoms with E-state index in [-0.39, 0.29) is 0 Å². The number of likely N-dealkylation sites (tertiary alicyclic amines) is 1. The van der Waals surface area contributed by atoms with Gasteiger partial charge in [-0.2, -0.15) is 0 Å². The van der Waals surface area contributed by atoms with Gasteiger partial charge in [0.1, 0.15) is 0 Å². The van der Waals surface area contributed by atoms with Gasteiger partial charge in [-0.15, -0.1) is 0 Å². The number of hydrogen-bond donors (Lipinski definition) is 0. The zero-order chi connectivity index (χ0) is 6.53. The van der Waals surface area contributed by atoms with E-state index >= 15 is 0 Å². The van der Waals surface area contributed by atoms with E-state index in [0.717, 1.165) is 19.8 Å². The van der Waals surface area contributed by atoms with E-state index in [1.54, 1.807) is 0 Å². The van der Waals surface area contributed by atoms with Crippen LogP contribution in [0.1, 0.15) is 13.3 Å². The van der Waals surface area contributed by atoms with Gasteiger partial charge in [-0.1, -0.05) is 0 Å². The maximum atomic E-state index is 5.20. The minimum Gasteiger partial charge on any atom is -0.380 e. The molecule has 1 rings (SSSR count). The molecule has 54 valence electrons. The second kappa shape index (κ2) is 3.85. The lowest BCUT2D eigenvalue weighted by atomic mass is 10.2. The summed E-state index contributed by atoms with van der Waals surface area (Å²) in [5.41, 5.74) is 0. The topological polar surface area (TPSA) is 12.5 Å². The Hall–Kier alpha value is -0.0800. The maximum absolute atomic E-state index is 5.20. The standard InChI is InChI=1S/C7H15NO/c1-2-9-7-6-8-4-3-5-8/h2-7H2,1H3. The molecule has 0 aliphatic carbocycles. The van der Waals surface area contributed by atoms with Crippen LogP contribution in [-0.4, -0.2) is 37.7 Å².